The minimum absolute atomic E-state index is 0.0160. The van der Waals surface area contributed by atoms with Crippen molar-refractivity contribution in [2.24, 2.45) is 0 Å². The second kappa shape index (κ2) is 9.36. The highest BCUT2D eigenvalue weighted by Gasteiger charge is 2.42. The van der Waals surface area contributed by atoms with Crippen molar-refractivity contribution in [1.82, 2.24) is 14.9 Å². The number of rotatable bonds is 6. The Morgan fingerprint density at radius 3 is 2.66 bits per heavy atom. The van der Waals surface area contributed by atoms with Gasteiger partial charge in [-0.25, -0.2) is 0 Å². The third kappa shape index (κ3) is 4.20. The monoisotopic (exact) mass is 505 g/mol. The standard InChI is InChI=1S/C25H20ClN5O3S/c1-34-22-11-10-17(15-19(22)26)30-24(23(28-25(30)35)20-8-2-3-12-27-20)21-9-5-13-29(21)16-6-4-7-18(14-16)31(32)33/h2-15,23-24H,1H3,(H,28,35). The molecule has 10 heteroatoms. The van der Waals surface area contributed by atoms with E-state index in [0.717, 1.165) is 17.1 Å². The summed E-state index contributed by atoms with van der Waals surface area (Å²) in [6.07, 6.45) is 3.62. The SMILES string of the molecule is COc1ccc(N2C(=S)NC(c3ccccn3)C2c2cccn2-c2cccc([N+](=O)[O-])c2)cc1Cl. The first-order valence-electron chi connectivity index (χ1n) is 10.7. The van der Waals surface area contributed by atoms with E-state index in [4.69, 9.17) is 28.6 Å². The number of nitrogens with one attached hydrogen (secondary N) is 1. The number of pyridine rings is 1. The fourth-order valence-corrected chi connectivity index (χ4v) is 4.96. The number of ether oxygens (including phenoxy) is 1. The Morgan fingerprint density at radius 1 is 1.09 bits per heavy atom. The van der Waals surface area contributed by atoms with Crippen molar-refractivity contribution >= 4 is 40.3 Å². The van der Waals surface area contributed by atoms with E-state index < -0.39 is 4.92 Å². The van der Waals surface area contributed by atoms with Crippen LogP contribution in [0.2, 0.25) is 5.02 Å². The van der Waals surface area contributed by atoms with Crippen molar-refractivity contribution in [2.45, 2.75) is 12.1 Å². The highest BCUT2D eigenvalue weighted by molar-refractivity contribution is 7.80. The van der Waals surface area contributed by atoms with E-state index in [9.17, 15) is 10.1 Å². The number of hydrogen-bond acceptors (Lipinski definition) is 5. The average molecular weight is 506 g/mol. The van der Waals surface area contributed by atoms with Gasteiger partial charge in [0.25, 0.3) is 5.69 Å². The van der Waals surface area contributed by atoms with Crippen LogP contribution in [0, 0.1) is 10.1 Å². The van der Waals surface area contributed by atoms with Gasteiger partial charge in [-0.1, -0.05) is 23.7 Å². The highest BCUT2D eigenvalue weighted by Crippen LogP contribution is 2.43. The van der Waals surface area contributed by atoms with Crippen LogP contribution >= 0.6 is 23.8 Å². The van der Waals surface area contributed by atoms with Crippen molar-refractivity contribution in [1.29, 1.82) is 0 Å². The van der Waals surface area contributed by atoms with Crippen LogP contribution in [0.5, 0.6) is 5.75 Å². The summed E-state index contributed by atoms with van der Waals surface area (Å²) in [7, 11) is 1.56. The molecule has 2 aromatic heterocycles. The third-order valence-electron chi connectivity index (χ3n) is 5.91. The lowest BCUT2D eigenvalue weighted by molar-refractivity contribution is -0.384. The van der Waals surface area contributed by atoms with Crippen molar-refractivity contribution in [3.8, 4) is 11.4 Å². The molecule has 1 saturated heterocycles. The number of thiocarbonyl (C=S) groups is 1. The van der Waals surface area contributed by atoms with Gasteiger partial charge in [0.1, 0.15) is 11.8 Å². The van der Waals surface area contributed by atoms with Gasteiger partial charge < -0.3 is 19.5 Å². The normalized spacial score (nSPS) is 17.3. The Bertz CT molecular complexity index is 1410. The molecule has 5 rings (SSSR count). The third-order valence-corrected chi connectivity index (χ3v) is 6.52. The first-order chi connectivity index (χ1) is 17.0. The van der Waals surface area contributed by atoms with E-state index in [0.29, 0.717) is 21.6 Å². The lowest BCUT2D eigenvalue weighted by Crippen LogP contribution is -2.30. The van der Waals surface area contributed by atoms with Crippen LogP contribution in [0.1, 0.15) is 23.5 Å². The van der Waals surface area contributed by atoms with E-state index in [-0.39, 0.29) is 17.8 Å². The molecule has 0 spiro atoms. The summed E-state index contributed by atoms with van der Waals surface area (Å²) in [4.78, 5) is 17.6. The summed E-state index contributed by atoms with van der Waals surface area (Å²) >= 11 is 12.2. The molecule has 1 fully saturated rings. The molecule has 1 aliphatic rings. The Labute approximate surface area is 211 Å². The van der Waals surface area contributed by atoms with Crippen LogP contribution in [0.3, 0.4) is 0 Å². The summed E-state index contributed by atoms with van der Waals surface area (Å²) in [6, 6.07) is 21.0. The first kappa shape index (κ1) is 22.8. The Kier molecular flexibility index (Phi) is 6.10. The minimum atomic E-state index is -0.402. The summed E-state index contributed by atoms with van der Waals surface area (Å²) in [5.74, 6) is 0.561. The van der Waals surface area contributed by atoms with Gasteiger partial charge in [-0.3, -0.25) is 15.1 Å². The molecule has 2 atom stereocenters. The highest BCUT2D eigenvalue weighted by atomic mass is 35.5. The molecular weight excluding hydrogens is 486 g/mol. The van der Waals surface area contributed by atoms with E-state index in [1.807, 2.05) is 64.2 Å². The number of halogens is 1. The van der Waals surface area contributed by atoms with Crippen molar-refractivity contribution in [3.63, 3.8) is 0 Å². The van der Waals surface area contributed by atoms with Gasteiger partial charge in [-0.05, 0) is 60.7 Å². The van der Waals surface area contributed by atoms with Crippen molar-refractivity contribution < 1.29 is 9.66 Å². The number of nitrogens with zero attached hydrogens (tertiary/aromatic N) is 4. The van der Waals surface area contributed by atoms with Crippen LogP contribution < -0.4 is 15.0 Å². The maximum absolute atomic E-state index is 11.4. The number of non-ortho nitro benzene ring substituents is 1. The van der Waals surface area contributed by atoms with Crippen LogP contribution in [-0.2, 0) is 0 Å². The van der Waals surface area contributed by atoms with Crippen molar-refractivity contribution in [3.05, 3.63) is 112 Å². The van der Waals surface area contributed by atoms with E-state index >= 15 is 0 Å². The molecule has 0 radical (unpaired) electrons. The van der Waals surface area contributed by atoms with Crippen LogP contribution in [0.15, 0.2) is 85.2 Å². The van der Waals surface area contributed by atoms with Gasteiger partial charge in [-0.15, -0.1) is 0 Å². The van der Waals surface area contributed by atoms with Crippen LogP contribution in [0.4, 0.5) is 11.4 Å². The molecule has 1 N–H and O–H groups in total. The molecule has 0 aliphatic carbocycles. The largest absolute Gasteiger partial charge is 0.495 e. The average Bonchev–Trinajstić information content (AvgIpc) is 3.49. The number of nitro groups is 1. The number of anilines is 1. The Balaban J connectivity index is 1.67. The molecule has 0 saturated carbocycles. The van der Waals surface area contributed by atoms with Crippen LogP contribution in [-0.4, -0.2) is 26.7 Å². The maximum Gasteiger partial charge on any atom is 0.271 e. The minimum Gasteiger partial charge on any atom is -0.495 e. The summed E-state index contributed by atoms with van der Waals surface area (Å²) in [6.45, 7) is 0. The number of aromatic nitrogens is 2. The summed E-state index contributed by atoms with van der Waals surface area (Å²) in [5, 5.41) is 15.8. The first-order valence-corrected chi connectivity index (χ1v) is 11.5. The molecular formula is C25H20ClN5O3S. The van der Waals surface area contributed by atoms with Crippen LogP contribution in [0.25, 0.3) is 5.69 Å². The fraction of sp³-hybridized carbons (Fsp3) is 0.120. The smallest absolute Gasteiger partial charge is 0.271 e. The quantitative estimate of drug-likeness (QED) is 0.207. The maximum atomic E-state index is 11.4. The van der Waals surface area contributed by atoms with Gasteiger partial charge in [-0.2, -0.15) is 0 Å². The van der Waals surface area contributed by atoms with Gasteiger partial charge in [0, 0.05) is 35.9 Å². The van der Waals surface area contributed by atoms with Gasteiger partial charge in [0.15, 0.2) is 5.11 Å². The zero-order valence-corrected chi connectivity index (χ0v) is 20.1. The molecule has 3 heterocycles. The Morgan fingerprint density at radius 2 is 1.94 bits per heavy atom. The van der Waals surface area contributed by atoms with Gasteiger partial charge in [0.2, 0.25) is 0 Å². The predicted octanol–water partition coefficient (Wildman–Crippen LogP) is 5.62. The zero-order chi connectivity index (χ0) is 24.5. The molecule has 0 bridgehead atoms. The number of methoxy groups -OCH3 is 1. The summed E-state index contributed by atoms with van der Waals surface area (Å²) < 4.78 is 7.25. The summed E-state index contributed by atoms with van der Waals surface area (Å²) in [5.41, 5.74) is 3.16. The zero-order valence-electron chi connectivity index (χ0n) is 18.5. The molecule has 8 nitrogen and oxygen atoms in total. The Hall–Kier alpha value is -3.95. The second-order valence-electron chi connectivity index (χ2n) is 7.90. The fourth-order valence-electron chi connectivity index (χ4n) is 4.37. The second-order valence-corrected chi connectivity index (χ2v) is 8.69. The lowest BCUT2D eigenvalue weighted by Gasteiger charge is -2.29. The molecule has 1 aliphatic heterocycles. The molecule has 2 unspecified atom stereocenters. The predicted molar refractivity (Wildman–Crippen MR) is 138 cm³/mol. The number of nitro benzene ring substituents is 1. The van der Waals surface area contributed by atoms with Gasteiger partial charge >= 0.3 is 0 Å². The molecule has 35 heavy (non-hydrogen) atoms. The van der Waals surface area contributed by atoms with E-state index in [1.54, 1.807) is 31.5 Å². The lowest BCUT2D eigenvalue weighted by atomic mass is 10.0. The molecule has 0 amide bonds. The van der Waals surface area contributed by atoms with Crippen molar-refractivity contribution in [2.75, 3.05) is 12.0 Å². The van der Waals surface area contributed by atoms with E-state index in [1.165, 1.54) is 6.07 Å². The van der Waals surface area contributed by atoms with Gasteiger partial charge in [0.05, 0.1) is 34.5 Å². The number of benzene rings is 2. The molecule has 4 aromatic rings. The molecule has 2 aromatic carbocycles. The topological polar surface area (TPSA) is 85.5 Å². The van der Waals surface area contributed by atoms with E-state index in [2.05, 4.69) is 10.3 Å². The molecule has 176 valence electrons. The number of hydrogen-bond donors (Lipinski definition) is 1.